The van der Waals surface area contributed by atoms with Crippen molar-refractivity contribution < 1.29 is 4.79 Å². The van der Waals surface area contributed by atoms with Gasteiger partial charge in [0.15, 0.2) is 0 Å². The summed E-state index contributed by atoms with van der Waals surface area (Å²) >= 11 is 3.16. The van der Waals surface area contributed by atoms with Gasteiger partial charge in [-0.2, -0.15) is 9.78 Å². The van der Waals surface area contributed by atoms with Crippen molar-refractivity contribution in [3.05, 3.63) is 34.7 Å². The number of aryl methyl sites for hydroxylation is 1. The van der Waals surface area contributed by atoms with Crippen LogP contribution in [0.2, 0.25) is 0 Å². The van der Waals surface area contributed by atoms with Crippen molar-refractivity contribution in [3.63, 3.8) is 0 Å². The predicted molar refractivity (Wildman–Crippen MR) is 95.4 cm³/mol. The van der Waals surface area contributed by atoms with E-state index in [2.05, 4.69) is 15.4 Å². The van der Waals surface area contributed by atoms with Gasteiger partial charge in [0.1, 0.15) is 5.82 Å². The Morgan fingerprint density at radius 2 is 2.09 bits per heavy atom. The third-order valence-corrected chi connectivity index (χ3v) is 4.91. The first kappa shape index (κ1) is 15.9. The summed E-state index contributed by atoms with van der Waals surface area (Å²) in [6, 6.07) is 5.90. The molecule has 0 saturated heterocycles. The van der Waals surface area contributed by atoms with E-state index < -0.39 is 5.41 Å². The Bertz CT molecular complexity index is 825. The van der Waals surface area contributed by atoms with E-state index in [0.29, 0.717) is 5.82 Å². The van der Waals surface area contributed by atoms with E-state index in [-0.39, 0.29) is 5.91 Å². The molecule has 23 heavy (non-hydrogen) atoms. The molecular formula is C16H18N4OS2. The highest BCUT2D eigenvalue weighted by Crippen LogP contribution is 2.29. The van der Waals surface area contributed by atoms with Crippen LogP contribution in [0.4, 0.5) is 5.82 Å². The van der Waals surface area contributed by atoms with E-state index in [0.717, 1.165) is 21.4 Å². The number of anilines is 1. The number of nitrogens with one attached hydrogen (secondary N) is 1. The van der Waals surface area contributed by atoms with Crippen LogP contribution in [0.5, 0.6) is 0 Å². The second-order valence-electron chi connectivity index (χ2n) is 6.28. The summed E-state index contributed by atoms with van der Waals surface area (Å²) in [5.41, 5.74) is 1.30. The number of hydrogen-bond donors (Lipinski definition) is 1. The largest absolute Gasteiger partial charge is 0.310 e. The molecule has 3 heterocycles. The molecule has 0 atom stereocenters. The number of carbonyl (C=O) groups excluding carboxylic acids is 1. The summed E-state index contributed by atoms with van der Waals surface area (Å²) in [4.78, 5) is 18.0. The number of thiazole rings is 1. The zero-order chi connectivity index (χ0) is 16.6. The number of carbonyl (C=O) groups is 1. The number of aromatic nitrogens is 3. The van der Waals surface area contributed by atoms with E-state index >= 15 is 0 Å². The maximum absolute atomic E-state index is 12.3. The van der Waals surface area contributed by atoms with Gasteiger partial charge < -0.3 is 5.32 Å². The molecule has 1 amide bonds. The highest BCUT2D eigenvalue weighted by molar-refractivity contribution is 7.15. The Hall–Kier alpha value is -1.99. The highest BCUT2D eigenvalue weighted by Gasteiger charge is 2.23. The summed E-state index contributed by atoms with van der Waals surface area (Å²) < 4.78 is 1.70. The minimum atomic E-state index is -0.464. The lowest BCUT2D eigenvalue weighted by atomic mass is 9.96. The van der Waals surface area contributed by atoms with E-state index in [1.165, 1.54) is 11.3 Å². The maximum atomic E-state index is 12.3. The van der Waals surface area contributed by atoms with Crippen LogP contribution in [-0.4, -0.2) is 20.7 Å². The van der Waals surface area contributed by atoms with Crippen molar-refractivity contribution in [1.82, 2.24) is 14.8 Å². The molecule has 0 aromatic carbocycles. The van der Waals surface area contributed by atoms with Crippen LogP contribution < -0.4 is 5.32 Å². The summed E-state index contributed by atoms with van der Waals surface area (Å²) in [6.45, 7) is 7.55. The number of hydrogen-bond acceptors (Lipinski definition) is 5. The van der Waals surface area contributed by atoms with Gasteiger partial charge in [0.05, 0.1) is 16.3 Å². The van der Waals surface area contributed by atoms with Crippen LogP contribution in [0.1, 0.15) is 26.5 Å². The second-order valence-corrected chi connectivity index (χ2v) is 8.06. The van der Waals surface area contributed by atoms with E-state index in [4.69, 9.17) is 0 Å². The van der Waals surface area contributed by atoms with Crippen LogP contribution >= 0.6 is 22.7 Å². The van der Waals surface area contributed by atoms with Gasteiger partial charge in [-0.15, -0.1) is 22.7 Å². The lowest BCUT2D eigenvalue weighted by Crippen LogP contribution is -2.28. The quantitative estimate of drug-likeness (QED) is 0.767. The molecule has 0 aliphatic rings. The van der Waals surface area contributed by atoms with Crippen LogP contribution in [-0.2, 0) is 4.79 Å². The van der Waals surface area contributed by atoms with Gasteiger partial charge in [-0.05, 0) is 18.4 Å². The predicted octanol–water partition coefficient (Wildman–Crippen LogP) is 4.35. The zero-order valence-corrected chi connectivity index (χ0v) is 15.1. The number of rotatable bonds is 3. The number of amides is 1. The Balaban J connectivity index is 1.93. The molecule has 0 bridgehead atoms. The topological polar surface area (TPSA) is 59.8 Å². The van der Waals surface area contributed by atoms with Gasteiger partial charge in [0, 0.05) is 16.9 Å². The Morgan fingerprint density at radius 1 is 1.30 bits per heavy atom. The van der Waals surface area contributed by atoms with Gasteiger partial charge in [0.25, 0.3) is 0 Å². The van der Waals surface area contributed by atoms with Gasteiger partial charge in [-0.1, -0.05) is 26.8 Å². The van der Waals surface area contributed by atoms with Crippen molar-refractivity contribution in [2.45, 2.75) is 27.7 Å². The normalized spacial score (nSPS) is 11.7. The summed E-state index contributed by atoms with van der Waals surface area (Å²) in [5.74, 6) is 0.600. The van der Waals surface area contributed by atoms with Crippen molar-refractivity contribution in [2.75, 3.05) is 5.32 Å². The fraction of sp³-hybridized carbons (Fsp3) is 0.312. The van der Waals surface area contributed by atoms with Gasteiger partial charge in [0.2, 0.25) is 11.0 Å². The van der Waals surface area contributed by atoms with E-state index in [1.807, 2.05) is 56.7 Å². The molecule has 7 heteroatoms. The molecule has 0 saturated carbocycles. The van der Waals surface area contributed by atoms with E-state index in [1.54, 1.807) is 16.0 Å². The Labute approximate surface area is 143 Å². The van der Waals surface area contributed by atoms with Gasteiger partial charge in [-0.25, -0.2) is 4.98 Å². The molecule has 0 aliphatic heterocycles. The SMILES string of the molecule is Cc1cc(NC(=O)C(C)(C)C)n(-c2nc(-c3cccs3)cs2)n1. The first-order valence-corrected chi connectivity index (χ1v) is 8.98. The fourth-order valence-corrected chi connectivity index (χ4v) is 3.48. The summed E-state index contributed by atoms with van der Waals surface area (Å²) in [7, 11) is 0. The minimum absolute atomic E-state index is 0.0475. The average Bonchev–Trinajstić information content (AvgIpc) is 3.16. The van der Waals surface area contributed by atoms with Crippen molar-refractivity contribution in [2.24, 2.45) is 5.41 Å². The second kappa shape index (κ2) is 5.90. The smallest absolute Gasteiger partial charge is 0.230 e. The van der Waals surface area contributed by atoms with Crippen LogP contribution in [0.3, 0.4) is 0 Å². The Kier molecular flexibility index (Phi) is 4.08. The fourth-order valence-electron chi connectivity index (χ4n) is 1.94. The van der Waals surface area contributed by atoms with E-state index in [9.17, 15) is 4.79 Å². The molecule has 0 radical (unpaired) electrons. The zero-order valence-electron chi connectivity index (χ0n) is 13.5. The highest BCUT2D eigenvalue weighted by atomic mass is 32.1. The van der Waals surface area contributed by atoms with Crippen LogP contribution in [0, 0.1) is 12.3 Å². The van der Waals surface area contributed by atoms with Gasteiger partial charge >= 0.3 is 0 Å². The lowest BCUT2D eigenvalue weighted by Gasteiger charge is -2.17. The van der Waals surface area contributed by atoms with Crippen LogP contribution in [0.25, 0.3) is 15.7 Å². The molecule has 0 spiro atoms. The summed E-state index contributed by atoms with van der Waals surface area (Å²) in [5, 5.41) is 12.2. The lowest BCUT2D eigenvalue weighted by molar-refractivity contribution is -0.123. The molecule has 3 aromatic rings. The number of thiophene rings is 1. The monoisotopic (exact) mass is 346 g/mol. The van der Waals surface area contributed by atoms with Crippen LogP contribution in [0.15, 0.2) is 29.0 Å². The molecule has 5 nitrogen and oxygen atoms in total. The molecule has 0 unspecified atom stereocenters. The van der Waals surface area contributed by atoms with Crippen molar-refractivity contribution >= 4 is 34.4 Å². The average molecular weight is 346 g/mol. The molecule has 3 aromatic heterocycles. The maximum Gasteiger partial charge on any atom is 0.230 e. The summed E-state index contributed by atoms with van der Waals surface area (Å²) in [6.07, 6.45) is 0. The third kappa shape index (κ3) is 3.35. The first-order valence-electron chi connectivity index (χ1n) is 7.22. The van der Waals surface area contributed by atoms with Crippen molar-refractivity contribution in [1.29, 1.82) is 0 Å². The molecule has 0 aliphatic carbocycles. The third-order valence-electron chi connectivity index (χ3n) is 3.20. The van der Waals surface area contributed by atoms with Crippen molar-refractivity contribution in [3.8, 4) is 15.7 Å². The molecule has 1 N–H and O–H groups in total. The molecule has 3 rings (SSSR count). The minimum Gasteiger partial charge on any atom is -0.310 e. The Morgan fingerprint density at radius 3 is 2.74 bits per heavy atom. The molecule has 120 valence electrons. The number of nitrogens with zero attached hydrogens (tertiary/aromatic N) is 3. The first-order chi connectivity index (χ1) is 10.8. The molecular weight excluding hydrogens is 328 g/mol. The standard InChI is InChI=1S/C16H18N4OS2/c1-10-8-13(18-14(21)16(2,3)4)20(19-10)15-17-11(9-23-15)12-6-5-7-22-12/h5-9H,1-4H3,(H,18,21). The van der Waals surface area contributed by atoms with Gasteiger partial charge in [-0.3, -0.25) is 4.79 Å². The molecule has 0 fully saturated rings.